The van der Waals surface area contributed by atoms with Crippen LogP contribution < -0.4 is 10.1 Å². The summed E-state index contributed by atoms with van der Waals surface area (Å²) in [5.41, 5.74) is -0.254. The van der Waals surface area contributed by atoms with Gasteiger partial charge in [0.15, 0.2) is 6.61 Å². The van der Waals surface area contributed by atoms with Gasteiger partial charge in [-0.3, -0.25) is 4.79 Å². The van der Waals surface area contributed by atoms with Gasteiger partial charge in [0.05, 0.1) is 5.60 Å². The molecule has 1 atom stereocenters. The first-order valence-electron chi connectivity index (χ1n) is 6.41. The minimum Gasteiger partial charge on any atom is -0.484 e. The molecule has 1 unspecified atom stereocenters. The Balaban J connectivity index is 1.74. The maximum absolute atomic E-state index is 12.7. The van der Waals surface area contributed by atoms with Crippen LogP contribution in [0.4, 0.5) is 4.39 Å². The van der Waals surface area contributed by atoms with E-state index in [1.165, 1.54) is 24.3 Å². The molecule has 110 valence electrons. The molecule has 20 heavy (non-hydrogen) atoms. The molecule has 1 N–H and O–H groups in total. The van der Waals surface area contributed by atoms with Crippen LogP contribution in [0.5, 0.6) is 5.75 Å². The Bertz CT molecular complexity index is 446. The molecule has 0 aromatic heterocycles. The first-order chi connectivity index (χ1) is 9.63. The normalized spacial score (nSPS) is 21.7. The van der Waals surface area contributed by atoms with Crippen LogP contribution in [0.2, 0.25) is 0 Å². The van der Waals surface area contributed by atoms with Crippen molar-refractivity contribution < 1.29 is 18.7 Å². The summed E-state index contributed by atoms with van der Waals surface area (Å²) in [6.07, 6.45) is 0.938. The molecule has 0 saturated carbocycles. The summed E-state index contributed by atoms with van der Waals surface area (Å²) in [4.78, 5) is 11.7. The van der Waals surface area contributed by atoms with Gasteiger partial charge in [-0.2, -0.15) is 11.8 Å². The number of methoxy groups -OCH3 is 1. The molecule has 0 radical (unpaired) electrons. The van der Waals surface area contributed by atoms with Gasteiger partial charge in [-0.25, -0.2) is 4.39 Å². The first kappa shape index (κ1) is 15.1. The van der Waals surface area contributed by atoms with Crippen LogP contribution in [0, 0.1) is 5.82 Å². The van der Waals surface area contributed by atoms with E-state index < -0.39 is 0 Å². The Morgan fingerprint density at radius 2 is 2.20 bits per heavy atom. The van der Waals surface area contributed by atoms with Gasteiger partial charge in [0.25, 0.3) is 5.91 Å². The number of hydrogen-bond acceptors (Lipinski definition) is 4. The van der Waals surface area contributed by atoms with Gasteiger partial charge in [0, 0.05) is 19.4 Å². The number of thioether (sulfide) groups is 1. The minimum absolute atomic E-state index is 0.0848. The molecule has 1 aliphatic heterocycles. The topological polar surface area (TPSA) is 47.6 Å². The summed E-state index contributed by atoms with van der Waals surface area (Å²) in [6.45, 7) is 0.403. The van der Waals surface area contributed by atoms with Gasteiger partial charge in [-0.05, 0) is 36.4 Å². The van der Waals surface area contributed by atoms with E-state index in [-0.39, 0.29) is 23.9 Å². The van der Waals surface area contributed by atoms with Crippen molar-refractivity contribution in [3.63, 3.8) is 0 Å². The van der Waals surface area contributed by atoms with Crippen molar-refractivity contribution in [2.24, 2.45) is 0 Å². The Hall–Kier alpha value is -1.27. The summed E-state index contributed by atoms with van der Waals surface area (Å²) in [5.74, 6) is 1.88. The van der Waals surface area contributed by atoms with Crippen LogP contribution >= 0.6 is 11.8 Å². The Morgan fingerprint density at radius 3 is 2.80 bits per heavy atom. The zero-order valence-electron chi connectivity index (χ0n) is 11.4. The lowest BCUT2D eigenvalue weighted by Gasteiger charge is -2.26. The third-order valence-corrected chi connectivity index (χ3v) is 4.51. The lowest BCUT2D eigenvalue weighted by molar-refractivity contribution is -0.124. The highest BCUT2D eigenvalue weighted by Crippen LogP contribution is 2.30. The smallest absolute Gasteiger partial charge is 0.258 e. The summed E-state index contributed by atoms with van der Waals surface area (Å²) in [7, 11) is 1.67. The van der Waals surface area contributed by atoms with E-state index in [4.69, 9.17) is 9.47 Å². The second kappa shape index (κ2) is 6.95. The van der Waals surface area contributed by atoms with Crippen molar-refractivity contribution in [1.29, 1.82) is 0 Å². The van der Waals surface area contributed by atoms with Crippen LogP contribution in [-0.2, 0) is 9.53 Å². The molecule has 0 spiro atoms. The molecule has 0 aliphatic carbocycles. The fourth-order valence-electron chi connectivity index (χ4n) is 1.95. The van der Waals surface area contributed by atoms with E-state index in [0.717, 1.165) is 17.9 Å². The second-order valence-corrected chi connectivity index (χ2v) is 5.81. The molecule has 1 fully saturated rings. The Morgan fingerprint density at radius 1 is 1.45 bits per heavy atom. The van der Waals surface area contributed by atoms with Crippen molar-refractivity contribution >= 4 is 17.7 Å². The van der Waals surface area contributed by atoms with E-state index in [9.17, 15) is 9.18 Å². The maximum Gasteiger partial charge on any atom is 0.258 e. The molecule has 1 heterocycles. The summed E-state index contributed by atoms with van der Waals surface area (Å²) in [6, 6.07) is 5.57. The third kappa shape index (κ3) is 4.11. The van der Waals surface area contributed by atoms with Gasteiger partial charge >= 0.3 is 0 Å². The molecular formula is C14H18FNO3S. The van der Waals surface area contributed by atoms with E-state index in [1.807, 2.05) is 11.8 Å². The fraction of sp³-hybridized carbons (Fsp3) is 0.500. The number of nitrogens with one attached hydrogen (secondary N) is 1. The number of amides is 1. The highest BCUT2D eigenvalue weighted by Gasteiger charge is 2.34. The number of carbonyl (C=O) groups is 1. The number of rotatable bonds is 6. The number of ether oxygens (including phenoxy) is 2. The standard InChI is InChI=1S/C14H18FNO3S/c1-18-14(6-7-20-10-14)9-16-13(17)8-19-12-4-2-11(15)3-5-12/h2-5H,6-10H2,1H3,(H,16,17). The molecule has 2 rings (SSSR count). The molecule has 1 saturated heterocycles. The van der Waals surface area contributed by atoms with E-state index in [1.54, 1.807) is 7.11 Å². The monoisotopic (exact) mass is 299 g/mol. The second-order valence-electron chi connectivity index (χ2n) is 4.71. The van der Waals surface area contributed by atoms with Gasteiger partial charge in [-0.1, -0.05) is 0 Å². The summed E-state index contributed by atoms with van der Waals surface area (Å²) < 4.78 is 23.5. The van der Waals surface area contributed by atoms with Crippen LogP contribution in [0.25, 0.3) is 0 Å². The van der Waals surface area contributed by atoms with Crippen LogP contribution in [0.3, 0.4) is 0 Å². The number of carbonyl (C=O) groups excluding carboxylic acids is 1. The van der Waals surface area contributed by atoms with Crippen molar-refractivity contribution in [3.8, 4) is 5.75 Å². The summed E-state index contributed by atoms with van der Waals surface area (Å²) in [5, 5.41) is 2.82. The Labute approximate surface area is 122 Å². The lowest BCUT2D eigenvalue weighted by atomic mass is 10.0. The molecule has 1 aromatic rings. The number of hydrogen-bond donors (Lipinski definition) is 1. The maximum atomic E-state index is 12.7. The van der Waals surface area contributed by atoms with E-state index in [2.05, 4.69) is 5.32 Å². The number of benzene rings is 1. The summed E-state index contributed by atoms with van der Waals surface area (Å²) >= 11 is 1.83. The molecule has 1 aliphatic rings. The van der Waals surface area contributed by atoms with Crippen molar-refractivity contribution in [1.82, 2.24) is 5.32 Å². The Kier molecular flexibility index (Phi) is 5.25. The predicted octanol–water partition coefficient (Wildman–Crippen LogP) is 1.84. The first-order valence-corrected chi connectivity index (χ1v) is 7.57. The van der Waals surface area contributed by atoms with Gasteiger partial charge in [0.2, 0.25) is 0 Å². The minimum atomic E-state index is -0.331. The SMILES string of the molecule is COC1(CNC(=O)COc2ccc(F)cc2)CCSC1. The average Bonchev–Trinajstić information content (AvgIpc) is 2.94. The van der Waals surface area contributed by atoms with Crippen LogP contribution in [-0.4, -0.2) is 43.3 Å². The van der Waals surface area contributed by atoms with Crippen LogP contribution in [0.1, 0.15) is 6.42 Å². The molecule has 0 bridgehead atoms. The van der Waals surface area contributed by atoms with Crippen molar-refractivity contribution in [3.05, 3.63) is 30.1 Å². The largest absolute Gasteiger partial charge is 0.484 e. The van der Waals surface area contributed by atoms with Gasteiger partial charge in [-0.15, -0.1) is 0 Å². The highest BCUT2D eigenvalue weighted by atomic mass is 32.2. The highest BCUT2D eigenvalue weighted by molar-refractivity contribution is 7.99. The third-order valence-electron chi connectivity index (χ3n) is 3.29. The van der Waals surface area contributed by atoms with Gasteiger partial charge < -0.3 is 14.8 Å². The van der Waals surface area contributed by atoms with E-state index >= 15 is 0 Å². The predicted molar refractivity (Wildman–Crippen MR) is 76.6 cm³/mol. The average molecular weight is 299 g/mol. The van der Waals surface area contributed by atoms with Crippen molar-refractivity contribution in [2.75, 3.05) is 31.8 Å². The molecule has 4 nitrogen and oxygen atoms in total. The molecule has 6 heteroatoms. The van der Waals surface area contributed by atoms with Gasteiger partial charge in [0.1, 0.15) is 11.6 Å². The zero-order chi connectivity index (χ0) is 14.4. The molecule has 1 amide bonds. The zero-order valence-corrected chi connectivity index (χ0v) is 12.2. The quantitative estimate of drug-likeness (QED) is 0.871. The fourth-order valence-corrected chi connectivity index (χ4v) is 3.35. The molecule has 1 aromatic carbocycles. The van der Waals surface area contributed by atoms with Crippen LogP contribution in [0.15, 0.2) is 24.3 Å². The van der Waals surface area contributed by atoms with Crippen molar-refractivity contribution in [2.45, 2.75) is 12.0 Å². The number of halogens is 1. The molecular weight excluding hydrogens is 281 g/mol. The van der Waals surface area contributed by atoms with E-state index in [0.29, 0.717) is 12.3 Å². The lowest BCUT2D eigenvalue weighted by Crippen LogP contribution is -2.45.